The second-order valence-electron chi connectivity index (χ2n) is 6.42. The van der Waals surface area contributed by atoms with Crippen molar-refractivity contribution in [3.05, 3.63) is 62.9 Å². The number of aryl methyl sites for hydroxylation is 1. The molecule has 0 aliphatic carbocycles. The molecular formula is C18H9BrF11NO. The molecule has 0 saturated heterocycles. The van der Waals surface area contributed by atoms with E-state index in [2.05, 4.69) is 15.9 Å². The van der Waals surface area contributed by atoms with E-state index in [1.54, 1.807) is 5.32 Å². The average Bonchev–Trinajstić information content (AvgIpc) is 2.61. The highest BCUT2D eigenvalue weighted by molar-refractivity contribution is 9.10. The van der Waals surface area contributed by atoms with E-state index in [0.717, 1.165) is 6.07 Å². The molecule has 2 rings (SSSR count). The molecule has 32 heavy (non-hydrogen) atoms. The fourth-order valence-corrected chi connectivity index (χ4v) is 3.21. The van der Waals surface area contributed by atoms with Gasteiger partial charge in [-0.15, -0.1) is 0 Å². The molecule has 2 nitrogen and oxygen atoms in total. The Morgan fingerprint density at radius 3 is 1.91 bits per heavy atom. The number of carbonyl (C=O) groups excluding carboxylic acids is 1. The highest BCUT2D eigenvalue weighted by atomic mass is 79.9. The molecule has 2 aromatic rings. The Morgan fingerprint density at radius 1 is 0.906 bits per heavy atom. The van der Waals surface area contributed by atoms with Gasteiger partial charge in [-0.3, -0.25) is 4.79 Å². The van der Waals surface area contributed by atoms with Gasteiger partial charge in [0.2, 0.25) is 0 Å². The van der Waals surface area contributed by atoms with E-state index in [-0.39, 0.29) is 11.6 Å². The average molecular weight is 544 g/mol. The van der Waals surface area contributed by atoms with Crippen LogP contribution in [0.2, 0.25) is 0 Å². The quantitative estimate of drug-likeness (QED) is 0.400. The molecule has 0 bridgehead atoms. The van der Waals surface area contributed by atoms with Crippen molar-refractivity contribution in [2.24, 2.45) is 0 Å². The van der Waals surface area contributed by atoms with Crippen LogP contribution in [0.1, 0.15) is 27.0 Å². The van der Waals surface area contributed by atoms with Crippen LogP contribution in [0.3, 0.4) is 0 Å². The maximum atomic E-state index is 14.3. The fraction of sp³-hybridized carbons (Fsp3) is 0.278. The molecule has 0 radical (unpaired) electrons. The number of halogens is 12. The highest BCUT2D eigenvalue weighted by Gasteiger charge is 2.73. The Labute approximate surface area is 180 Å². The van der Waals surface area contributed by atoms with Crippen LogP contribution in [0.4, 0.5) is 54.0 Å². The summed E-state index contributed by atoms with van der Waals surface area (Å²) in [6, 6.07) is 2.38. The Hall–Kier alpha value is -2.38. The second kappa shape index (κ2) is 8.19. The molecule has 0 fully saturated rings. The van der Waals surface area contributed by atoms with E-state index in [1.807, 2.05) is 0 Å². The van der Waals surface area contributed by atoms with E-state index in [9.17, 15) is 53.1 Å². The Bertz CT molecular complexity index is 1030. The van der Waals surface area contributed by atoms with E-state index in [0.29, 0.717) is 0 Å². The van der Waals surface area contributed by atoms with Gasteiger partial charge >= 0.3 is 24.2 Å². The molecule has 0 atom stereocenters. The summed E-state index contributed by atoms with van der Waals surface area (Å²) >= 11 is 2.34. The zero-order chi connectivity index (χ0) is 24.9. The third kappa shape index (κ3) is 4.55. The third-order valence-corrected chi connectivity index (χ3v) is 4.88. The van der Waals surface area contributed by atoms with Crippen molar-refractivity contribution in [2.45, 2.75) is 31.1 Å². The molecule has 0 aliphatic heterocycles. The van der Waals surface area contributed by atoms with Crippen molar-refractivity contribution in [3.8, 4) is 0 Å². The van der Waals surface area contributed by atoms with Gasteiger partial charge in [0.05, 0.1) is 16.8 Å². The minimum atomic E-state index is -6.66. The lowest BCUT2D eigenvalue weighted by molar-refractivity contribution is -0.348. The molecule has 0 aliphatic rings. The lowest BCUT2D eigenvalue weighted by Gasteiger charge is -2.31. The molecule has 14 heteroatoms. The van der Waals surface area contributed by atoms with Crippen molar-refractivity contribution in [1.29, 1.82) is 0 Å². The molecule has 2 aromatic carbocycles. The molecule has 0 spiro atoms. The first-order chi connectivity index (χ1) is 14.3. The Kier molecular flexibility index (Phi) is 6.63. The summed E-state index contributed by atoms with van der Waals surface area (Å²) < 4.78 is 145. The van der Waals surface area contributed by atoms with Crippen LogP contribution in [0.25, 0.3) is 0 Å². The molecule has 1 amide bonds. The summed E-state index contributed by atoms with van der Waals surface area (Å²) in [4.78, 5) is 12.2. The first-order valence-corrected chi connectivity index (χ1v) is 8.91. The SMILES string of the molecule is Cc1cccc(C(=O)Nc2c(Br)cc(C(F)(C(F)(F)F)C(F)(F)F)cc2C(F)(F)F)c1F. The van der Waals surface area contributed by atoms with Gasteiger partial charge in [0.1, 0.15) is 5.82 Å². The summed E-state index contributed by atoms with van der Waals surface area (Å²) in [5.41, 5.74) is -12.9. The largest absolute Gasteiger partial charge is 0.435 e. The van der Waals surface area contributed by atoms with Gasteiger partial charge in [-0.05, 0) is 46.6 Å². The highest BCUT2D eigenvalue weighted by Crippen LogP contribution is 2.55. The zero-order valence-electron chi connectivity index (χ0n) is 15.3. The minimum absolute atomic E-state index is 0.0688. The maximum Gasteiger partial charge on any atom is 0.435 e. The van der Waals surface area contributed by atoms with Crippen LogP contribution in [-0.4, -0.2) is 18.3 Å². The van der Waals surface area contributed by atoms with Gasteiger partial charge in [0.15, 0.2) is 0 Å². The number of rotatable bonds is 3. The molecule has 0 heterocycles. The number of hydrogen-bond acceptors (Lipinski definition) is 1. The molecule has 0 saturated carbocycles. The first kappa shape index (κ1) is 25.9. The van der Waals surface area contributed by atoms with Gasteiger partial charge < -0.3 is 5.32 Å². The predicted octanol–water partition coefficient (Wildman–Crippen LogP) is 7.46. The predicted molar refractivity (Wildman–Crippen MR) is 93.1 cm³/mol. The molecular weight excluding hydrogens is 535 g/mol. The molecule has 0 aromatic heterocycles. The van der Waals surface area contributed by atoms with Crippen LogP contribution in [0.15, 0.2) is 34.8 Å². The fourth-order valence-electron chi connectivity index (χ4n) is 2.65. The molecule has 1 N–H and O–H groups in total. The Morgan fingerprint density at radius 2 is 1.44 bits per heavy atom. The number of alkyl halides is 10. The third-order valence-electron chi connectivity index (χ3n) is 4.25. The molecule has 0 unspecified atom stereocenters. The van der Waals surface area contributed by atoms with Gasteiger partial charge in [0.25, 0.3) is 5.91 Å². The summed E-state index contributed by atoms with van der Waals surface area (Å²) in [6.07, 6.45) is -19.0. The summed E-state index contributed by atoms with van der Waals surface area (Å²) in [7, 11) is 0. The number of hydrogen-bond donors (Lipinski definition) is 1. The van der Waals surface area contributed by atoms with Gasteiger partial charge in [-0.2, -0.15) is 39.5 Å². The van der Waals surface area contributed by atoms with Crippen molar-refractivity contribution < 1.29 is 53.1 Å². The topological polar surface area (TPSA) is 29.1 Å². The standard InChI is InChI=1S/C18H9BrF11NO/c1-7-3-2-4-9(12(7)20)14(32)31-13-10(16(22,23)24)5-8(6-11(13)19)15(21,17(25,26)27)18(28,29)30/h2-6H,1H3,(H,31,32). The van der Waals surface area contributed by atoms with Crippen molar-refractivity contribution >= 4 is 27.5 Å². The van der Waals surface area contributed by atoms with E-state index in [1.165, 1.54) is 19.1 Å². The monoisotopic (exact) mass is 543 g/mol. The number of carbonyl (C=O) groups is 1. The number of amides is 1. The number of nitrogens with one attached hydrogen (secondary N) is 1. The maximum absolute atomic E-state index is 14.3. The normalized spacial score (nSPS) is 13.3. The zero-order valence-corrected chi connectivity index (χ0v) is 16.9. The smallest absolute Gasteiger partial charge is 0.320 e. The van der Waals surface area contributed by atoms with Crippen molar-refractivity contribution in [3.63, 3.8) is 0 Å². The van der Waals surface area contributed by atoms with Crippen LogP contribution in [0, 0.1) is 12.7 Å². The van der Waals surface area contributed by atoms with Gasteiger partial charge in [0, 0.05) is 10.0 Å². The summed E-state index contributed by atoms with van der Waals surface area (Å²) in [5.74, 6) is -2.61. The van der Waals surface area contributed by atoms with Crippen molar-refractivity contribution in [1.82, 2.24) is 0 Å². The second-order valence-corrected chi connectivity index (χ2v) is 7.28. The lowest BCUT2D eigenvalue weighted by Crippen LogP contribution is -2.50. The van der Waals surface area contributed by atoms with Crippen LogP contribution < -0.4 is 5.32 Å². The number of anilines is 1. The lowest BCUT2D eigenvalue weighted by atomic mass is 9.92. The first-order valence-electron chi connectivity index (χ1n) is 8.12. The summed E-state index contributed by atoms with van der Waals surface area (Å²) in [6.45, 7) is 1.23. The van der Waals surface area contributed by atoms with Crippen LogP contribution >= 0.6 is 15.9 Å². The van der Waals surface area contributed by atoms with E-state index < -0.39 is 68.8 Å². The van der Waals surface area contributed by atoms with Crippen molar-refractivity contribution in [2.75, 3.05) is 5.32 Å². The molecule has 176 valence electrons. The number of benzene rings is 2. The summed E-state index contributed by atoms with van der Waals surface area (Å²) in [5, 5.41) is 1.60. The van der Waals surface area contributed by atoms with Crippen LogP contribution in [-0.2, 0) is 11.8 Å². The van der Waals surface area contributed by atoms with Crippen LogP contribution in [0.5, 0.6) is 0 Å². The van der Waals surface area contributed by atoms with Gasteiger partial charge in [-0.25, -0.2) is 8.78 Å². The van der Waals surface area contributed by atoms with Gasteiger partial charge in [-0.1, -0.05) is 12.1 Å². The van der Waals surface area contributed by atoms with E-state index >= 15 is 0 Å². The Balaban J connectivity index is 2.72. The van der Waals surface area contributed by atoms with E-state index in [4.69, 9.17) is 0 Å². The minimum Gasteiger partial charge on any atom is -0.320 e.